The van der Waals surface area contributed by atoms with Crippen LogP contribution < -0.4 is 4.74 Å². The lowest BCUT2D eigenvalue weighted by atomic mass is 9.93. The maximum atomic E-state index is 5.72. The van der Waals surface area contributed by atoms with E-state index in [1.807, 2.05) is 36.5 Å². The van der Waals surface area contributed by atoms with E-state index in [-0.39, 0.29) is 5.41 Å². The number of para-hydroxylation sites is 1. The van der Waals surface area contributed by atoms with Gasteiger partial charge in [-0.1, -0.05) is 39.0 Å². The molecule has 0 saturated carbocycles. The van der Waals surface area contributed by atoms with Crippen molar-refractivity contribution in [3.63, 3.8) is 0 Å². The van der Waals surface area contributed by atoms with Crippen molar-refractivity contribution in [2.75, 3.05) is 6.61 Å². The molecule has 0 aliphatic heterocycles. The summed E-state index contributed by atoms with van der Waals surface area (Å²) in [6, 6.07) is 9.84. The molecule has 1 N–H and O–H groups in total. The summed E-state index contributed by atoms with van der Waals surface area (Å²) in [5.74, 6) is 0.891. The minimum Gasteiger partial charge on any atom is -0.492 e. The first-order chi connectivity index (χ1) is 8.98. The number of rotatable bonds is 4. The van der Waals surface area contributed by atoms with Gasteiger partial charge in [0.25, 0.3) is 0 Å². The fourth-order valence-electron chi connectivity index (χ4n) is 2.01. The Morgan fingerprint density at radius 2 is 1.89 bits per heavy atom. The number of imidazole rings is 1. The topological polar surface area (TPSA) is 29.9 Å². The third-order valence-corrected chi connectivity index (χ3v) is 3.30. The number of hydrogen-bond acceptors (Lipinski definition) is 2. The summed E-state index contributed by atoms with van der Waals surface area (Å²) < 4.78 is 8.58. The number of hydrogen-bond donors (Lipinski definition) is 1. The second-order valence-electron chi connectivity index (χ2n) is 5.54. The first-order valence-electron chi connectivity index (χ1n) is 6.45. The molecule has 0 aliphatic carbocycles. The van der Waals surface area contributed by atoms with E-state index < -0.39 is 0 Å². The zero-order valence-corrected chi connectivity index (χ0v) is 12.5. The van der Waals surface area contributed by atoms with Crippen LogP contribution in [0.5, 0.6) is 5.75 Å². The first-order valence-corrected chi connectivity index (χ1v) is 6.86. The second kappa shape index (κ2) is 5.61. The fraction of sp³-hybridized carbons (Fsp3) is 0.400. The van der Waals surface area contributed by atoms with Gasteiger partial charge in [-0.2, -0.15) is 0 Å². The molecule has 0 fully saturated rings. The molecule has 4 heteroatoms. The third kappa shape index (κ3) is 3.47. The van der Waals surface area contributed by atoms with Gasteiger partial charge in [-0.15, -0.1) is 0 Å². The van der Waals surface area contributed by atoms with E-state index in [2.05, 4.69) is 30.3 Å². The van der Waals surface area contributed by atoms with E-state index in [0.717, 1.165) is 17.1 Å². The molecule has 0 saturated heterocycles. The van der Waals surface area contributed by atoms with Crippen LogP contribution in [0.1, 0.15) is 26.5 Å². The van der Waals surface area contributed by atoms with Crippen LogP contribution in [0.25, 0.3) is 0 Å². The van der Waals surface area contributed by atoms with Crippen LogP contribution >= 0.6 is 12.2 Å². The largest absolute Gasteiger partial charge is 0.492 e. The molecule has 2 aromatic rings. The number of nitrogens with one attached hydrogen (secondary N) is 1. The number of ether oxygens (including phenoxy) is 1. The third-order valence-electron chi connectivity index (χ3n) is 2.96. The van der Waals surface area contributed by atoms with E-state index in [0.29, 0.717) is 6.61 Å². The highest BCUT2D eigenvalue weighted by Crippen LogP contribution is 2.22. The van der Waals surface area contributed by atoms with Crippen LogP contribution in [-0.4, -0.2) is 16.2 Å². The molecule has 2 rings (SSSR count). The normalized spacial score (nSPS) is 11.5. The molecule has 0 unspecified atom stereocenters. The molecule has 0 amide bonds. The predicted molar refractivity (Wildman–Crippen MR) is 80.3 cm³/mol. The van der Waals surface area contributed by atoms with Crippen molar-refractivity contribution in [2.24, 2.45) is 0 Å². The Hall–Kier alpha value is -1.55. The van der Waals surface area contributed by atoms with E-state index in [1.54, 1.807) is 0 Å². The molecule has 0 bridgehead atoms. The monoisotopic (exact) mass is 276 g/mol. The maximum Gasteiger partial charge on any atom is 0.177 e. The average molecular weight is 276 g/mol. The zero-order valence-electron chi connectivity index (χ0n) is 11.6. The quantitative estimate of drug-likeness (QED) is 0.858. The Kier molecular flexibility index (Phi) is 4.10. The van der Waals surface area contributed by atoms with E-state index in [1.165, 1.54) is 5.69 Å². The predicted octanol–water partition coefficient (Wildman–Crippen LogP) is 3.92. The summed E-state index contributed by atoms with van der Waals surface area (Å²) in [6.07, 6.45) is 1.99. The molecule has 0 radical (unpaired) electrons. The molecular formula is C15H20N2OS. The molecule has 0 aliphatic rings. The Morgan fingerprint density at radius 3 is 2.53 bits per heavy atom. The SMILES string of the molecule is CC(C)(C)c1c[nH]c(=S)n1CCOc1ccccc1. The smallest absolute Gasteiger partial charge is 0.177 e. The number of aromatic amines is 1. The molecule has 0 spiro atoms. The number of nitrogens with zero attached hydrogens (tertiary/aromatic N) is 1. The van der Waals surface area contributed by atoms with Crippen molar-refractivity contribution in [1.82, 2.24) is 9.55 Å². The highest BCUT2D eigenvalue weighted by atomic mass is 32.1. The minimum atomic E-state index is 0.0697. The summed E-state index contributed by atoms with van der Waals surface area (Å²) >= 11 is 5.32. The highest BCUT2D eigenvalue weighted by molar-refractivity contribution is 7.71. The summed E-state index contributed by atoms with van der Waals surface area (Å²) in [5.41, 5.74) is 1.27. The van der Waals surface area contributed by atoms with Crippen LogP contribution in [-0.2, 0) is 12.0 Å². The van der Waals surface area contributed by atoms with Crippen LogP contribution in [0.3, 0.4) is 0 Å². The first kappa shape index (κ1) is 13.9. The van der Waals surface area contributed by atoms with E-state index in [9.17, 15) is 0 Å². The van der Waals surface area contributed by atoms with Crippen molar-refractivity contribution in [2.45, 2.75) is 32.7 Å². The van der Waals surface area contributed by atoms with E-state index >= 15 is 0 Å². The van der Waals surface area contributed by atoms with Crippen molar-refractivity contribution >= 4 is 12.2 Å². The lowest BCUT2D eigenvalue weighted by molar-refractivity contribution is 0.292. The van der Waals surface area contributed by atoms with Crippen LogP contribution in [0.15, 0.2) is 36.5 Å². The van der Waals surface area contributed by atoms with Crippen LogP contribution in [0, 0.1) is 4.77 Å². The van der Waals surface area contributed by atoms with Gasteiger partial charge in [0.2, 0.25) is 0 Å². The van der Waals surface area contributed by atoms with Gasteiger partial charge in [-0.25, -0.2) is 0 Å². The molecule has 1 heterocycles. The molecule has 102 valence electrons. The van der Waals surface area contributed by atoms with Gasteiger partial charge in [0, 0.05) is 17.3 Å². The molecule has 19 heavy (non-hydrogen) atoms. The molecule has 0 atom stereocenters. The Labute approximate surface area is 119 Å². The zero-order chi connectivity index (χ0) is 13.9. The Balaban J connectivity index is 2.04. The lowest BCUT2D eigenvalue weighted by Gasteiger charge is -2.20. The van der Waals surface area contributed by atoms with Crippen LogP contribution in [0.2, 0.25) is 0 Å². The molecular weight excluding hydrogens is 256 g/mol. The van der Waals surface area contributed by atoms with Gasteiger partial charge in [0.15, 0.2) is 4.77 Å². The number of benzene rings is 1. The van der Waals surface area contributed by atoms with Gasteiger partial charge in [0.05, 0.1) is 6.54 Å². The summed E-state index contributed by atoms with van der Waals surface area (Å²) in [7, 11) is 0. The second-order valence-corrected chi connectivity index (χ2v) is 5.93. The summed E-state index contributed by atoms with van der Waals surface area (Å²) in [4.78, 5) is 3.11. The van der Waals surface area contributed by atoms with Gasteiger partial charge >= 0.3 is 0 Å². The minimum absolute atomic E-state index is 0.0697. The maximum absolute atomic E-state index is 5.72. The summed E-state index contributed by atoms with van der Waals surface area (Å²) in [5, 5.41) is 0. The Morgan fingerprint density at radius 1 is 1.21 bits per heavy atom. The average Bonchev–Trinajstić information content (AvgIpc) is 2.72. The van der Waals surface area contributed by atoms with Gasteiger partial charge < -0.3 is 14.3 Å². The number of aromatic nitrogens is 2. The van der Waals surface area contributed by atoms with Crippen molar-refractivity contribution in [3.05, 3.63) is 47.0 Å². The molecule has 3 nitrogen and oxygen atoms in total. The lowest BCUT2D eigenvalue weighted by Crippen LogP contribution is -2.20. The standard InChI is InChI=1S/C15H20N2OS/c1-15(2,3)13-11-16-14(19)17(13)9-10-18-12-7-5-4-6-8-12/h4-8,11H,9-10H2,1-3H3,(H,16,19). The van der Waals surface area contributed by atoms with Crippen molar-refractivity contribution in [1.29, 1.82) is 0 Å². The highest BCUT2D eigenvalue weighted by Gasteiger charge is 2.18. The number of H-pyrrole nitrogens is 1. The Bertz CT molecular complexity index is 578. The van der Waals surface area contributed by atoms with Crippen molar-refractivity contribution < 1.29 is 4.74 Å². The summed E-state index contributed by atoms with van der Waals surface area (Å²) in [6.45, 7) is 7.90. The van der Waals surface area contributed by atoms with Crippen molar-refractivity contribution in [3.8, 4) is 5.75 Å². The molecule has 1 aromatic heterocycles. The molecule has 1 aromatic carbocycles. The van der Waals surface area contributed by atoms with Gasteiger partial charge in [0.1, 0.15) is 12.4 Å². The van der Waals surface area contributed by atoms with E-state index in [4.69, 9.17) is 17.0 Å². The van der Waals surface area contributed by atoms with Crippen LogP contribution in [0.4, 0.5) is 0 Å². The fourth-order valence-corrected chi connectivity index (χ4v) is 2.26. The van der Waals surface area contributed by atoms with Gasteiger partial charge in [-0.05, 0) is 24.4 Å². The van der Waals surface area contributed by atoms with Gasteiger partial charge in [-0.3, -0.25) is 0 Å².